The zero-order valence-corrected chi connectivity index (χ0v) is 18.4. The van der Waals surface area contributed by atoms with E-state index in [4.69, 9.17) is 4.42 Å². The molecule has 11 heteroatoms. The van der Waals surface area contributed by atoms with Crippen molar-refractivity contribution < 1.29 is 22.1 Å². The summed E-state index contributed by atoms with van der Waals surface area (Å²) in [7, 11) is -4.12. The Morgan fingerprint density at radius 2 is 1.73 bits per heavy atom. The van der Waals surface area contributed by atoms with Gasteiger partial charge in [0.05, 0.1) is 17.2 Å². The van der Waals surface area contributed by atoms with Gasteiger partial charge in [0.15, 0.2) is 4.90 Å². The second-order valence-electron chi connectivity index (χ2n) is 7.61. The first-order chi connectivity index (χ1) is 15.8. The van der Waals surface area contributed by atoms with Crippen LogP contribution in [-0.2, 0) is 10.0 Å². The van der Waals surface area contributed by atoms with E-state index in [9.17, 15) is 22.9 Å². The Kier molecular flexibility index (Phi) is 6.72. The van der Waals surface area contributed by atoms with Crippen LogP contribution < -0.4 is 9.62 Å². The van der Waals surface area contributed by atoms with Crippen molar-refractivity contribution >= 4 is 21.4 Å². The standard InChI is InChI=1S/C22H23FN4O5S/c23-17-7-9-18(10-8-17)25-11-13-26(14-12-25)20(21-5-3-15-32-21)16-24-33(30,31)22-6-2-1-4-19(22)27(28)29/h1-10,15,20,24H,11-14,16H2. The van der Waals surface area contributed by atoms with Crippen molar-refractivity contribution in [3.63, 3.8) is 0 Å². The largest absolute Gasteiger partial charge is 0.468 e. The van der Waals surface area contributed by atoms with E-state index in [1.165, 1.54) is 36.6 Å². The molecule has 0 saturated carbocycles. The number of hydrogen-bond acceptors (Lipinski definition) is 7. The summed E-state index contributed by atoms with van der Waals surface area (Å²) in [6, 6.07) is 14.7. The number of nitrogens with one attached hydrogen (secondary N) is 1. The molecule has 1 fully saturated rings. The van der Waals surface area contributed by atoms with E-state index >= 15 is 0 Å². The molecule has 1 atom stereocenters. The quantitative estimate of drug-likeness (QED) is 0.395. The van der Waals surface area contributed by atoms with Crippen LogP contribution in [0.4, 0.5) is 15.8 Å². The Bertz CT molecular complexity index is 1190. The number of nitrogens with zero attached hydrogens (tertiary/aromatic N) is 3. The Balaban J connectivity index is 1.48. The lowest BCUT2D eigenvalue weighted by Crippen LogP contribution is -2.49. The molecule has 33 heavy (non-hydrogen) atoms. The number of furan rings is 1. The molecule has 0 aliphatic carbocycles. The molecule has 174 valence electrons. The number of hydrogen-bond donors (Lipinski definition) is 1. The number of nitro benzene ring substituents is 1. The second kappa shape index (κ2) is 9.69. The fraction of sp³-hybridized carbons (Fsp3) is 0.273. The minimum atomic E-state index is -4.12. The first kappa shape index (κ1) is 22.9. The molecule has 1 N–H and O–H groups in total. The SMILES string of the molecule is O=[N+]([O-])c1ccccc1S(=O)(=O)NCC(c1ccco1)N1CCN(c2ccc(F)cc2)CC1. The number of nitro groups is 1. The average Bonchev–Trinajstić information content (AvgIpc) is 3.35. The van der Waals surface area contributed by atoms with Crippen LogP contribution in [0.3, 0.4) is 0 Å². The van der Waals surface area contributed by atoms with Gasteiger partial charge >= 0.3 is 0 Å². The highest BCUT2D eigenvalue weighted by molar-refractivity contribution is 7.89. The summed E-state index contributed by atoms with van der Waals surface area (Å²) in [4.78, 5) is 14.4. The van der Waals surface area contributed by atoms with E-state index in [1.807, 2.05) is 0 Å². The Labute approximate surface area is 190 Å². The zero-order valence-electron chi connectivity index (χ0n) is 17.6. The van der Waals surface area contributed by atoms with E-state index in [2.05, 4.69) is 14.5 Å². The maximum absolute atomic E-state index is 13.2. The highest BCUT2D eigenvalue weighted by Crippen LogP contribution is 2.27. The maximum atomic E-state index is 13.2. The summed E-state index contributed by atoms with van der Waals surface area (Å²) in [5.41, 5.74) is 0.440. The van der Waals surface area contributed by atoms with Gasteiger partial charge in [-0.15, -0.1) is 0 Å². The Hall–Kier alpha value is -3.28. The maximum Gasteiger partial charge on any atom is 0.289 e. The summed E-state index contributed by atoms with van der Waals surface area (Å²) in [5.74, 6) is 0.302. The third-order valence-corrected chi connectivity index (χ3v) is 7.11. The van der Waals surface area contributed by atoms with Crippen molar-refractivity contribution in [2.24, 2.45) is 0 Å². The van der Waals surface area contributed by atoms with Gasteiger partial charge in [-0.3, -0.25) is 15.0 Å². The number of rotatable bonds is 8. The molecule has 1 aromatic heterocycles. The van der Waals surface area contributed by atoms with Gasteiger partial charge in [0.25, 0.3) is 5.69 Å². The first-order valence-corrected chi connectivity index (χ1v) is 11.8. The van der Waals surface area contributed by atoms with Crippen molar-refractivity contribution in [2.45, 2.75) is 10.9 Å². The van der Waals surface area contributed by atoms with Gasteiger partial charge in [-0.1, -0.05) is 12.1 Å². The van der Waals surface area contributed by atoms with Crippen molar-refractivity contribution in [1.29, 1.82) is 0 Å². The van der Waals surface area contributed by atoms with E-state index in [0.29, 0.717) is 31.9 Å². The predicted octanol–water partition coefficient (Wildman–Crippen LogP) is 3.17. The fourth-order valence-corrected chi connectivity index (χ4v) is 5.14. The monoisotopic (exact) mass is 474 g/mol. The molecule has 1 aliphatic rings. The minimum Gasteiger partial charge on any atom is -0.468 e. The summed E-state index contributed by atoms with van der Waals surface area (Å²) >= 11 is 0. The third-order valence-electron chi connectivity index (χ3n) is 5.64. The molecular formula is C22H23FN4O5S. The molecule has 4 rings (SSSR count). The highest BCUT2D eigenvalue weighted by Gasteiger charge is 2.30. The molecule has 1 aliphatic heterocycles. The molecule has 1 unspecified atom stereocenters. The Morgan fingerprint density at radius 3 is 2.36 bits per heavy atom. The van der Waals surface area contributed by atoms with Gasteiger partial charge in [0.2, 0.25) is 10.0 Å². The molecule has 0 radical (unpaired) electrons. The van der Waals surface area contributed by atoms with Crippen molar-refractivity contribution in [3.05, 3.63) is 88.6 Å². The second-order valence-corrected chi connectivity index (χ2v) is 9.34. The zero-order chi connectivity index (χ0) is 23.4. The molecule has 3 aromatic rings. The first-order valence-electron chi connectivity index (χ1n) is 10.4. The molecule has 2 heterocycles. The lowest BCUT2D eigenvalue weighted by molar-refractivity contribution is -0.387. The Morgan fingerprint density at radius 1 is 1.03 bits per heavy atom. The van der Waals surface area contributed by atoms with Crippen LogP contribution in [0.15, 0.2) is 76.2 Å². The number of benzene rings is 2. The van der Waals surface area contributed by atoms with Gasteiger partial charge < -0.3 is 9.32 Å². The highest BCUT2D eigenvalue weighted by atomic mass is 32.2. The van der Waals surface area contributed by atoms with Crippen molar-refractivity contribution in [3.8, 4) is 0 Å². The van der Waals surface area contributed by atoms with Crippen LogP contribution in [0.25, 0.3) is 0 Å². The smallest absolute Gasteiger partial charge is 0.289 e. The van der Waals surface area contributed by atoms with E-state index in [0.717, 1.165) is 11.8 Å². The van der Waals surface area contributed by atoms with Crippen LogP contribution in [0.2, 0.25) is 0 Å². The van der Waals surface area contributed by atoms with Gasteiger partial charge in [-0.05, 0) is 42.5 Å². The summed E-state index contributed by atoms with van der Waals surface area (Å²) in [6.07, 6.45) is 1.52. The number of piperazine rings is 1. The van der Waals surface area contributed by atoms with Gasteiger partial charge in [-0.25, -0.2) is 17.5 Å². The summed E-state index contributed by atoms with van der Waals surface area (Å²) < 4.78 is 47.1. The normalized spacial score (nSPS) is 16.0. The lowest BCUT2D eigenvalue weighted by Gasteiger charge is -2.39. The number of sulfonamides is 1. The fourth-order valence-electron chi connectivity index (χ4n) is 3.94. The van der Waals surface area contributed by atoms with Crippen LogP contribution in [0, 0.1) is 15.9 Å². The van der Waals surface area contributed by atoms with Crippen LogP contribution in [0.1, 0.15) is 11.8 Å². The molecule has 1 saturated heterocycles. The topological polar surface area (TPSA) is 109 Å². The van der Waals surface area contributed by atoms with Crippen molar-refractivity contribution in [2.75, 3.05) is 37.6 Å². The summed E-state index contributed by atoms with van der Waals surface area (Å²) in [5, 5.41) is 11.3. The average molecular weight is 475 g/mol. The minimum absolute atomic E-state index is 0.0154. The van der Waals surface area contributed by atoms with Gasteiger partial charge in [-0.2, -0.15) is 0 Å². The lowest BCUT2D eigenvalue weighted by atomic mass is 10.1. The third kappa shape index (κ3) is 5.21. The predicted molar refractivity (Wildman–Crippen MR) is 120 cm³/mol. The number of anilines is 1. The molecular weight excluding hydrogens is 451 g/mol. The molecule has 0 amide bonds. The van der Waals surface area contributed by atoms with E-state index in [1.54, 1.807) is 24.3 Å². The van der Waals surface area contributed by atoms with Crippen molar-refractivity contribution in [1.82, 2.24) is 9.62 Å². The molecule has 0 bridgehead atoms. The number of para-hydroxylation sites is 1. The van der Waals surface area contributed by atoms with Crippen LogP contribution >= 0.6 is 0 Å². The van der Waals surface area contributed by atoms with E-state index in [-0.39, 0.29) is 17.3 Å². The van der Waals surface area contributed by atoms with Gasteiger partial charge in [0, 0.05) is 44.5 Å². The summed E-state index contributed by atoms with van der Waals surface area (Å²) in [6.45, 7) is 2.56. The molecule has 9 nitrogen and oxygen atoms in total. The van der Waals surface area contributed by atoms with E-state index < -0.39 is 26.7 Å². The number of halogens is 1. The van der Waals surface area contributed by atoms with Crippen LogP contribution in [-0.4, -0.2) is 51.0 Å². The molecule has 2 aromatic carbocycles. The molecule has 0 spiro atoms. The van der Waals surface area contributed by atoms with Gasteiger partial charge in [0.1, 0.15) is 11.6 Å². The van der Waals surface area contributed by atoms with Crippen LogP contribution in [0.5, 0.6) is 0 Å².